The van der Waals surface area contributed by atoms with Crippen LogP contribution in [0.4, 0.5) is 10.5 Å². The van der Waals surface area contributed by atoms with Crippen LogP contribution in [0.15, 0.2) is 22.7 Å². The Labute approximate surface area is 126 Å². The van der Waals surface area contributed by atoms with Crippen LogP contribution in [0.3, 0.4) is 0 Å². The van der Waals surface area contributed by atoms with E-state index in [1.165, 1.54) is 25.0 Å². The number of hydrogen-bond donors (Lipinski definition) is 2. The molecule has 1 aromatic carbocycles. The zero-order chi connectivity index (χ0) is 14.7. The highest BCUT2D eigenvalue weighted by Crippen LogP contribution is 2.30. The van der Waals surface area contributed by atoms with Gasteiger partial charge >= 0.3 is 12.0 Å². The van der Waals surface area contributed by atoms with Crippen molar-refractivity contribution in [3.63, 3.8) is 0 Å². The van der Waals surface area contributed by atoms with Gasteiger partial charge in [0.05, 0.1) is 11.3 Å². The predicted molar refractivity (Wildman–Crippen MR) is 80.1 cm³/mol. The Balaban J connectivity index is 2.09. The van der Waals surface area contributed by atoms with Crippen LogP contribution in [0.5, 0.6) is 0 Å². The standard InChI is InChI=1S/C14H17BrN2O3/c1-2-17(8-9-3-4-9)14(20)16-12-7-10(13(18)19)5-6-11(12)15/h5-7,9H,2-4,8H2,1H3,(H,16,20)(H,18,19). The fourth-order valence-electron chi connectivity index (χ4n) is 1.92. The Morgan fingerprint density at radius 1 is 1.45 bits per heavy atom. The molecule has 1 fully saturated rings. The lowest BCUT2D eigenvalue weighted by molar-refractivity contribution is 0.0697. The maximum absolute atomic E-state index is 12.2. The van der Waals surface area contributed by atoms with Crippen molar-refractivity contribution in [2.75, 3.05) is 18.4 Å². The average Bonchev–Trinajstić information content (AvgIpc) is 3.22. The molecule has 108 valence electrons. The van der Waals surface area contributed by atoms with Crippen LogP contribution >= 0.6 is 15.9 Å². The van der Waals surface area contributed by atoms with Gasteiger partial charge in [-0.25, -0.2) is 9.59 Å². The molecular formula is C14H17BrN2O3. The van der Waals surface area contributed by atoms with E-state index in [1.807, 2.05) is 6.92 Å². The van der Waals surface area contributed by atoms with E-state index in [2.05, 4.69) is 21.2 Å². The Bertz CT molecular complexity index is 529. The van der Waals surface area contributed by atoms with Crippen LogP contribution in [0.25, 0.3) is 0 Å². The Morgan fingerprint density at radius 2 is 2.15 bits per heavy atom. The molecule has 1 aliphatic carbocycles. The largest absolute Gasteiger partial charge is 0.478 e. The molecule has 20 heavy (non-hydrogen) atoms. The fourth-order valence-corrected chi connectivity index (χ4v) is 2.26. The van der Waals surface area contributed by atoms with E-state index < -0.39 is 5.97 Å². The van der Waals surface area contributed by atoms with Gasteiger partial charge in [0.1, 0.15) is 0 Å². The highest BCUT2D eigenvalue weighted by molar-refractivity contribution is 9.10. The van der Waals surface area contributed by atoms with Crippen molar-refractivity contribution in [3.8, 4) is 0 Å². The monoisotopic (exact) mass is 340 g/mol. The SMILES string of the molecule is CCN(CC1CC1)C(=O)Nc1cc(C(=O)O)ccc1Br. The lowest BCUT2D eigenvalue weighted by atomic mass is 10.2. The molecule has 0 radical (unpaired) electrons. The second-order valence-corrected chi connectivity index (χ2v) is 5.77. The molecule has 6 heteroatoms. The van der Waals surface area contributed by atoms with Gasteiger partial charge in [0.15, 0.2) is 0 Å². The Kier molecular flexibility index (Phi) is 4.65. The third-order valence-corrected chi connectivity index (χ3v) is 3.99. The molecule has 2 N–H and O–H groups in total. The van der Waals surface area contributed by atoms with Gasteiger partial charge in [-0.3, -0.25) is 0 Å². The number of halogens is 1. The molecule has 1 aliphatic rings. The minimum atomic E-state index is -1.02. The third-order valence-electron chi connectivity index (χ3n) is 3.30. The summed E-state index contributed by atoms with van der Waals surface area (Å²) in [4.78, 5) is 24.9. The van der Waals surface area contributed by atoms with Gasteiger partial charge in [0.2, 0.25) is 0 Å². The van der Waals surface area contributed by atoms with Crippen LogP contribution in [-0.2, 0) is 0 Å². The molecule has 2 rings (SSSR count). The van der Waals surface area contributed by atoms with E-state index in [-0.39, 0.29) is 11.6 Å². The summed E-state index contributed by atoms with van der Waals surface area (Å²) in [7, 11) is 0. The number of anilines is 1. The number of nitrogens with zero attached hydrogens (tertiary/aromatic N) is 1. The molecule has 0 atom stereocenters. The van der Waals surface area contributed by atoms with Crippen molar-refractivity contribution >= 4 is 33.6 Å². The van der Waals surface area contributed by atoms with E-state index in [0.29, 0.717) is 22.6 Å². The first-order valence-electron chi connectivity index (χ1n) is 6.60. The lowest BCUT2D eigenvalue weighted by Crippen LogP contribution is -2.36. The summed E-state index contributed by atoms with van der Waals surface area (Å²) in [5.74, 6) is -0.396. The number of urea groups is 1. The summed E-state index contributed by atoms with van der Waals surface area (Å²) < 4.78 is 0.665. The zero-order valence-corrected chi connectivity index (χ0v) is 12.8. The molecule has 0 saturated heterocycles. The number of rotatable bonds is 5. The summed E-state index contributed by atoms with van der Waals surface area (Å²) in [6.07, 6.45) is 2.37. The second kappa shape index (κ2) is 6.26. The summed E-state index contributed by atoms with van der Waals surface area (Å²) in [5.41, 5.74) is 0.623. The van der Waals surface area contributed by atoms with Crippen molar-refractivity contribution in [2.45, 2.75) is 19.8 Å². The molecule has 0 aromatic heterocycles. The quantitative estimate of drug-likeness (QED) is 0.862. The first-order chi connectivity index (χ1) is 9.51. The maximum atomic E-state index is 12.2. The first-order valence-corrected chi connectivity index (χ1v) is 7.39. The van der Waals surface area contributed by atoms with Crippen molar-refractivity contribution < 1.29 is 14.7 Å². The number of carboxylic acid groups (broad SMARTS) is 1. The van der Waals surface area contributed by atoms with Crippen LogP contribution in [0, 0.1) is 5.92 Å². The fraction of sp³-hybridized carbons (Fsp3) is 0.429. The zero-order valence-electron chi connectivity index (χ0n) is 11.2. The number of amides is 2. The van der Waals surface area contributed by atoms with Crippen LogP contribution in [0.1, 0.15) is 30.1 Å². The smallest absolute Gasteiger partial charge is 0.335 e. The molecule has 0 heterocycles. The molecule has 2 amide bonds. The van der Waals surface area contributed by atoms with Gasteiger partial charge in [-0.2, -0.15) is 0 Å². The maximum Gasteiger partial charge on any atom is 0.335 e. The third kappa shape index (κ3) is 3.72. The summed E-state index contributed by atoms with van der Waals surface area (Å²) >= 11 is 3.32. The van der Waals surface area contributed by atoms with E-state index >= 15 is 0 Å². The van der Waals surface area contributed by atoms with E-state index in [4.69, 9.17) is 5.11 Å². The van der Waals surface area contributed by atoms with E-state index in [1.54, 1.807) is 11.0 Å². The van der Waals surface area contributed by atoms with Crippen LogP contribution in [-0.4, -0.2) is 35.1 Å². The molecule has 5 nitrogen and oxygen atoms in total. The van der Waals surface area contributed by atoms with Crippen molar-refractivity contribution in [3.05, 3.63) is 28.2 Å². The van der Waals surface area contributed by atoms with Gasteiger partial charge in [-0.05, 0) is 59.8 Å². The number of carbonyl (C=O) groups excluding carboxylic acids is 1. The molecule has 0 spiro atoms. The number of hydrogen-bond acceptors (Lipinski definition) is 2. The van der Waals surface area contributed by atoms with Gasteiger partial charge in [0, 0.05) is 17.6 Å². The summed E-state index contributed by atoms with van der Waals surface area (Å²) in [6, 6.07) is 4.37. The number of benzene rings is 1. The second-order valence-electron chi connectivity index (χ2n) is 4.91. The molecule has 0 aliphatic heterocycles. The van der Waals surface area contributed by atoms with Crippen molar-refractivity contribution in [1.82, 2.24) is 4.90 Å². The van der Waals surface area contributed by atoms with Gasteiger partial charge in [-0.1, -0.05) is 0 Å². The lowest BCUT2D eigenvalue weighted by Gasteiger charge is -2.21. The molecule has 0 bridgehead atoms. The van der Waals surface area contributed by atoms with Crippen molar-refractivity contribution in [2.24, 2.45) is 5.92 Å². The Morgan fingerprint density at radius 3 is 2.70 bits per heavy atom. The number of carbonyl (C=O) groups is 2. The number of carboxylic acids is 1. The van der Waals surface area contributed by atoms with E-state index in [9.17, 15) is 9.59 Å². The van der Waals surface area contributed by atoms with Gasteiger partial charge in [0.25, 0.3) is 0 Å². The normalized spacial score (nSPS) is 13.9. The molecular weight excluding hydrogens is 324 g/mol. The Hall–Kier alpha value is -1.56. The minimum absolute atomic E-state index is 0.147. The van der Waals surface area contributed by atoms with Crippen molar-refractivity contribution in [1.29, 1.82) is 0 Å². The average molecular weight is 341 g/mol. The van der Waals surface area contributed by atoms with Crippen LogP contribution in [0.2, 0.25) is 0 Å². The van der Waals surface area contributed by atoms with Gasteiger partial charge < -0.3 is 15.3 Å². The van der Waals surface area contributed by atoms with Crippen LogP contribution < -0.4 is 5.32 Å². The highest BCUT2D eigenvalue weighted by Gasteiger charge is 2.26. The van der Waals surface area contributed by atoms with Gasteiger partial charge in [-0.15, -0.1) is 0 Å². The summed E-state index contributed by atoms with van der Waals surface area (Å²) in [5, 5.41) is 11.7. The molecule has 1 aromatic rings. The first kappa shape index (κ1) is 14.8. The predicted octanol–water partition coefficient (Wildman–Crippen LogP) is 3.41. The minimum Gasteiger partial charge on any atom is -0.478 e. The highest BCUT2D eigenvalue weighted by atomic mass is 79.9. The topological polar surface area (TPSA) is 69.6 Å². The van der Waals surface area contributed by atoms with E-state index in [0.717, 1.165) is 6.54 Å². The number of aromatic carboxylic acids is 1. The molecule has 1 saturated carbocycles. The summed E-state index contributed by atoms with van der Waals surface area (Å²) in [6.45, 7) is 3.34. The number of nitrogens with one attached hydrogen (secondary N) is 1. The molecule has 0 unspecified atom stereocenters.